The van der Waals surface area contributed by atoms with Gasteiger partial charge in [-0.15, -0.1) is 0 Å². The molecule has 0 aliphatic carbocycles. The molecule has 3 rings (SSSR count). The molecule has 7 heteroatoms. The Morgan fingerprint density at radius 3 is 1.89 bits per heavy atom. The van der Waals surface area contributed by atoms with Gasteiger partial charge in [0.1, 0.15) is 6.10 Å². The first-order chi connectivity index (χ1) is 12.9. The number of phosphoric ester groups is 1. The number of rotatable bonds is 9. The molecule has 27 heavy (non-hydrogen) atoms. The summed E-state index contributed by atoms with van der Waals surface area (Å²) in [7, 11) is -3.78. The molecular formula is C20H25O6P. The third-order valence-electron chi connectivity index (χ3n) is 3.95. The van der Waals surface area contributed by atoms with Crippen LogP contribution in [0.2, 0.25) is 0 Å². The molecule has 146 valence electrons. The van der Waals surface area contributed by atoms with Crippen molar-refractivity contribution in [3.8, 4) is 0 Å². The second-order valence-electron chi connectivity index (χ2n) is 6.71. The highest BCUT2D eigenvalue weighted by Gasteiger charge is 2.36. The Balaban J connectivity index is 1.60. The van der Waals surface area contributed by atoms with Crippen molar-refractivity contribution in [3.63, 3.8) is 0 Å². The predicted molar refractivity (Wildman–Crippen MR) is 101 cm³/mol. The molecule has 0 saturated carbocycles. The normalized spacial score (nSPS) is 19.3. The molecule has 2 aromatic rings. The molecule has 0 amide bonds. The van der Waals surface area contributed by atoms with Crippen molar-refractivity contribution in [1.29, 1.82) is 0 Å². The summed E-state index contributed by atoms with van der Waals surface area (Å²) in [6.07, 6.45) is -0.325. The van der Waals surface area contributed by atoms with Gasteiger partial charge in [-0.1, -0.05) is 60.7 Å². The van der Waals surface area contributed by atoms with Gasteiger partial charge >= 0.3 is 7.82 Å². The van der Waals surface area contributed by atoms with Crippen LogP contribution in [0.5, 0.6) is 0 Å². The molecule has 0 radical (unpaired) electrons. The summed E-state index contributed by atoms with van der Waals surface area (Å²) in [5.74, 6) is -0.673. The zero-order chi connectivity index (χ0) is 19.2. The minimum Gasteiger partial charge on any atom is -0.348 e. The Bertz CT molecular complexity index is 702. The summed E-state index contributed by atoms with van der Waals surface area (Å²) < 4.78 is 41.0. The fourth-order valence-electron chi connectivity index (χ4n) is 2.59. The number of hydrogen-bond acceptors (Lipinski definition) is 6. The van der Waals surface area contributed by atoms with E-state index in [2.05, 4.69) is 0 Å². The molecule has 1 atom stereocenters. The second kappa shape index (κ2) is 9.11. The van der Waals surface area contributed by atoms with Crippen LogP contribution in [0.4, 0.5) is 0 Å². The predicted octanol–water partition coefficient (Wildman–Crippen LogP) is 4.70. The molecule has 1 unspecified atom stereocenters. The summed E-state index contributed by atoms with van der Waals surface area (Å²) in [5, 5.41) is 0. The van der Waals surface area contributed by atoms with E-state index in [-0.39, 0.29) is 25.9 Å². The van der Waals surface area contributed by atoms with Gasteiger partial charge in [0.25, 0.3) is 0 Å². The molecule has 6 nitrogen and oxygen atoms in total. The summed E-state index contributed by atoms with van der Waals surface area (Å²) in [5.41, 5.74) is 1.76. The van der Waals surface area contributed by atoms with Crippen LogP contribution in [0, 0.1) is 0 Å². The van der Waals surface area contributed by atoms with Crippen LogP contribution in [-0.2, 0) is 40.8 Å². The lowest BCUT2D eigenvalue weighted by molar-refractivity contribution is -0.142. The van der Waals surface area contributed by atoms with Crippen molar-refractivity contribution in [3.05, 3.63) is 71.8 Å². The fourth-order valence-corrected chi connectivity index (χ4v) is 3.77. The van der Waals surface area contributed by atoms with Crippen LogP contribution in [0.3, 0.4) is 0 Å². The van der Waals surface area contributed by atoms with Crippen molar-refractivity contribution in [2.75, 3.05) is 13.2 Å². The Labute approximate surface area is 160 Å². The summed E-state index contributed by atoms with van der Waals surface area (Å²) in [6.45, 7) is 4.32. The minimum absolute atomic E-state index is 0.0598. The van der Waals surface area contributed by atoms with Gasteiger partial charge in [-0.3, -0.25) is 13.6 Å². The highest BCUT2D eigenvalue weighted by atomic mass is 31.2. The monoisotopic (exact) mass is 392 g/mol. The van der Waals surface area contributed by atoms with E-state index in [9.17, 15) is 4.57 Å². The fraction of sp³-hybridized carbons (Fsp3) is 0.400. The third-order valence-corrected chi connectivity index (χ3v) is 5.31. The lowest BCUT2D eigenvalue weighted by atomic mass is 10.2. The van der Waals surface area contributed by atoms with Crippen molar-refractivity contribution >= 4 is 7.82 Å². The highest BCUT2D eigenvalue weighted by molar-refractivity contribution is 7.48. The largest absolute Gasteiger partial charge is 0.475 e. The maximum atomic E-state index is 13.1. The molecule has 0 bridgehead atoms. The van der Waals surface area contributed by atoms with Crippen molar-refractivity contribution in [1.82, 2.24) is 0 Å². The molecule has 0 aromatic heterocycles. The van der Waals surface area contributed by atoms with E-state index >= 15 is 0 Å². The first-order valence-corrected chi connectivity index (χ1v) is 10.3. The number of ether oxygens (including phenoxy) is 2. The number of hydrogen-bond donors (Lipinski definition) is 0. The van der Waals surface area contributed by atoms with Gasteiger partial charge in [-0.25, -0.2) is 4.57 Å². The standard InChI is InChI=1S/C20H25O6P/c1-20(2)22-15-19(26-20)16-25-27(21,23-13-17-9-5-3-6-10-17)24-14-18-11-7-4-8-12-18/h3-12,19H,13-16H2,1-2H3. The Kier molecular flexibility index (Phi) is 6.82. The summed E-state index contributed by atoms with van der Waals surface area (Å²) >= 11 is 0. The smallest absolute Gasteiger partial charge is 0.348 e. The van der Waals surface area contributed by atoms with Crippen molar-refractivity contribution in [2.24, 2.45) is 0 Å². The average Bonchev–Trinajstić information content (AvgIpc) is 3.04. The zero-order valence-corrected chi connectivity index (χ0v) is 16.5. The quantitative estimate of drug-likeness (QED) is 0.577. The first-order valence-electron chi connectivity index (χ1n) is 8.87. The average molecular weight is 392 g/mol. The van der Waals surface area contributed by atoms with Gasteiger partial charge in [-0.05, 0) is 25.0 Å². The van der Waals surface area contributed by atoms with E-state index in [1.807, 2.05) is 74.5 Å². The minimum atomic E-state index is -3.78. The number of phosphoric acid groups is 1. The third kappa shape index (κ3) is 6.54. The molecule has 0 spiro atoms. The summed E-state index contributed by atoms with van der Waals surface area (Å²) in [4.78, 5) is 0. The lowest BCUT2D eigenvalue weighted by Crippen LogP contribution is -2.24. The molecule has 1 fully saturated rings. The van der Waals surface area contributed by atoms with Gasteiger partial charge in [0.2, 0.25) is 0 Å². The van der Waals surface area contributed by atoms with E-state index < -0.39 is 13.6 Å². The maximum Gasteiger partial charge on any atom is 0.475 e. The maximum absolute atomic E-state index is 13.1. The molecule has 1 aliphatic rings. The molecular weight excluding hydrogens is 367 g/mol. The second-order valence-corrected chi connectivity index (χ2v) is 8.38. The molecule has 2 aromatic carbocycles. The lowest BCUT2D eigenvalue weighted by Gasteiger charge is -2.21. The topological polar surface area (TPSA) is 63.2 Å². The first kappa shape index (κ1) is 20.2. The Hall–Kier alpha value is -1.53. The Morgan fingerprint density at radius 2 is 1.44 bits per heavy atom. The van der Waals surface area contributed by atoms with E-state index in [1.54, 1.807) is 0 Å². The van der Waals surface area contributed by atoms with Crippen LogP contribution in [0.25, 0.3) is 0 Å². The number of benzene rings is 2. The van der Waals surface area contributed by atoms with Crippen molar-refractivity contribution < 1.29 is 27.6 Å². The SMILES string of the molecule is CC1(C)OCC(COP(=O)(OCc2ccccc2)OCc2ccccc2)O1. The van der Waals surface area contributed by atoms with Gasteiger partial charge < -0.3 is 9.47 Å². The highest BCUT2D eigenvalue weighted by Crippen LogP contribution is 2.51. The van der Waals surface area contributed by atoms with E-state index in [0.29, 0.717) is 6.61 Å². The molecule has 1 aliphatic heterocycles. The van der Waals surface area contributed by atoms with Crippen LogP contribution >= 0.6 is 7.82 Å². The van der Waals surface area contributed by atoms with Gasteiger partial charge in [0.05, 0.1) is 26.4 Å². The van der Waals surface area contributed by atoms with Gasteiger partial charge in [0.15, 0.2) is 5.79 Å². The van der Waals surface area contributed by atoms with Crippen LogP contribution in [0.1, 0.15) is 25.0 Å². The van der Waals surface area contributed by atoms with Gasteiger partial charge in [0, 0.05) is 0 Å². The zero-order valence-electron chi connectivity index (χ0n) is 15.6. The van der Waals surface area contributed by atoms with E-state index in [0.717, 1.165) is 11.1 Å². The van der Waals surface area contributed by atoms with Crippen LogP contribution < -0.4 is 0 Å². The van der Waals surface area contributed by atoms with Crippen LogP contribution in [0.15, 0.2) is 60.7 Å². The Morgan fingerprint density at radius 1 is 0.926 bits per heavy atom. The molecule has 1 saturated heterocycles. The van der Waals surface area contributed by atoms with Crippen LogP contribution in [-0.4, -0.2) is 25.1 Å². The molecule has 0 N–H and O–H groups in total. The van der Waals surface area contributed by atoms with E-state index in [1.165, 1.54) is 0 Å². The summed E-state index contributed by atoms with van der Waals surface area (Å²) in [6, 6.07) is 18.9. The van der Waals surface area contributed by atoms with Crippen molar-refractivity contribution in [2.45, 2.75) is 39.0 Å². The molecule has 1 heterocycles. The van der Waals surface area contributed by atoms with E-state index in [4.69, 9.17) is 23.0 Å². The van der Waals surface area contributed by atoms with Gasteiger partial charge in [-0.2, -0.15) is 0 Å².